The fraction of sp³-hybridized carbons (Fsp3) is 0.276. The Labute approximate surface area is 205 Å². The van der Waals surface area contributed by atoms with Gasteiger partial charge in [0.05, 0.1) is 37.4 Å². The molecule has 0 aliphatic heterocycles. The molecule has 0 aliphatic rings. The molecule has 180 valence electrons. The molecule has 0 saturated carbocycles. The van der Waals surface area contributed by atoms with Crippen LogP contribution < -0.4 is 4.74 Å². The van der Waals surface area contributed by atoms with E-state index in [4.69, 9.17) is 19.2 Å². The predicted octanol–water partition coefficient (Wildman–Crippen LogP) is 5.28. The fourth-order valence-electron chi connectivity index (χ4n) is 3.89. The summed E-state index contributed by atoms with van der Waals surface area (Å²) >= 11 is 0. The van der Waals surface area contributed by atoms with Crippen molar-refractivity contribution in [2.24, 2.45) is 0 Å². The lowest BCUT2D eigenvalue weighted by Gasteiger charge is -2.11. The molecule has 0 amide bonds. The molecule has 6 heteroatoms. The van der Waals surface area contributed by atoms with Gasteiger partial charge in [-0.25, -0.2) is 9.37 Å². The molecule has 0 fully saturated rings. The highest BCUT2D eigenvalue weighted by Crippen LogP contribution is 2.22. The highest BCUT2D eigenvalue weighted by molar-refractivity contribution is 5.77. The van der Waals surface area contributed by atoms with Crippen LogP contribution in [0.2, 0.25) is 0 Å². The summed E-state index contributed by atoms with van der Waals surface area (Å²) in [6.45, 7) is 6.72. The van der Waals surface area contributed by atoms with Gasteiger partial charge in [-0.3, -0.25) is 0 Å². The molecule has 0 radical (unpaired) electrons. The zero-order valence-electron chi connectivity index (χ0n) is 20.3. The van der Waals surface area contributed by atoms with E-state index in [2.05, 4.69) is 16.4 Å². The number of halogens is 1. The van der Waals surface area contributed by atoms with Crippen LogP contribution in [0.5, 0.6) is 5.75 Å². The third-order valence-electron chi connectivity index (χ3n) is 5.64. The van der Waals surface area contributed by atoms with Crippen LogP contribution in [0.15, 0.2) is 60.7 Å². The van der Waals surface area contributed by atoms with E-state index in [0.29, 0.717) is 38.8 Å². The van der Waals surface area contributed by atoms with Crippen molar-refractivity contribution in [3.05, 3.63) is 94.6 Å². The van der Waals surface area contributed by atoms with Crippen LogP contribution in [0.3, 0.4) is 0 Å². The Morgan fingerprint density at radius 3 is 2.34 bits per heavy atom. The van der Waals surface area contributed by atoms with Crippen molar-refractivity contribution in [3.8, 4) is 17.6 Å². The van der Waals surface area contributed by atoms with E-state index < -0.39 is 0 Å². The second-order valence-electron chi connectivity index (χ2n) is 8.27. The molecule has 35 heavy (non-hydrogen) atoms. The first-order valence-corrected chi connectivity index (χ1v) is 11.6. The summed E-state index contributed by atoms with van der Waals surface area (Å²) in [5.41, 5.74) is 5.88. The minimum atomic E-state index is -0.249. The van der Waals surface area contributed by atoms with E-state index in [9.17, 15) is 4.39 Å². The number of imidazole rings is 1. The van der Waals surface area contributed by atoms with E-state index in [-0.39, 0.29) is 5.82 Å². The van der Waals surface area contributed by atoms with Crippen molar-refractivity contribution in [3.63, 3.8) is 0 Å². The molecule has 4 rings (SSSR count). The van der Waals surface area contributed by atoms with Gasteiger partial charge in [-0.15, -0.1) is 0 Å². The summed E-state index contributed by atoms with van der Waals surface area (Å²) in [5.74, 6) is 7.82. The Kier molecular flexibility index (Phi) is 8.15. The number of rotatable bonds is 9. The van der Waals surface area contributed by atoms with Crippen molar-refractivity contribution in [2.75, 3.05) is 33.5 Å². The Hall–Kier alpha value is -3.66. The van der Waals surface area contributed by atoms with Crippen molar-refractivity contribution in [2.45, 2.75) is 20.4 Å². The topological polar surface area (TPSA) is 45.5 Å². The first-order chi connectivity index (χ1) is 17.0. The van der Waals surface area contributed by atoms with E-state index >= 15 is 0 Å². The maximum Gasteiger partial charge on any atom is 0.187 e. The van der Waals surface area contributed by atoms with Crippen LogP contribution in [-0.4, -0.2) is 43.1 Å². The Morgan fingerprint density at radius 2 is 1.60 bits per heavy atom. The summed E-state index contributed by atoms with van der Waals surface area (Å²) in [4.78, 5) is 4.76. The molecule has 1 heterocycles. The maximum atomic E-state index is 13.4. The van der Waals surface area contributed by atoms with Crippen molar-refractivity contribution >= 4 is 11.0 Å². The van der Waals surface area contributed by atoms with Gasteiger partial charge >= 0.3 is 0 Å². The largest absolute Gasteiger partial charge is 0.491 e. The number of methoxy groups -OCH3 is 1. The van der Waals surface area contributed by atoms with Gasteiger partial charge in [0.2, 0.25) is 0 Å². The zero-order valence-corrected chi connectivity index (χ0v) is 20.3. The summed E-state index contributed by atoms with van der Waals surface area (Å²) in [5, 5.41) is 0. The second-order valence-corrected chi connectivity index (χ2v) is 8.27. The Morgan fingerprint density at radius 1 is 0.886 bits per heavy atom. The number of benzene rings is 3. The Balaban J connectivity index is 1.56. The number of hydrogen-bond acceptors (Lipinski definition) is 4. The third kappa shape index (κ3) is 6.27. The number of ether oxygens (including phenoxy) is 3. The zero-order chi connectivity index (χ0) is 24.6. The molecule has 0 atom stereocenters. The van der Waals surface area contributed by atoms with E-state index in [1.54, 1.807) is 19.2 Å². The fourth-order valence-corrected chi connectivity index (χ4v) is 3.89. The molecule has 0 unspecified atom stereocenters. The van der Waals surface area contributed by atoms with Crippen LogP contribution in [0.1, 0.15) is 28.1 Å². The van der Waals surface area contributed by atoms with Gasteiger partial charge in [-0.05, 0) is 72.9 Å². The number of hydrogen-bond donors (Lipinski definition) is 0. The highest BCUT2D eigenvalue weighted by Gasteiger charge is 2.10. The van der Waals surface area contributed by atoms with Gasteiger partial charge in [0, 0.05) is 12.7 Å². The minimum Gasteiger partial charge on any atom is -0.491 e. The Bertz CT molecular complexity index is 1330. The van der Waals surface area contributed by atoms with E-state index in [1.807, 2.05) is 50.2 Å². The van der Waals surface area contributed by atoms with Crippen LogP contribution >= 0.6 is 0 Å². The van der Waals surface area contributed by atoms with Crippen molar-refractivity contribution in [1.29, 1.82) is 0 Å². The average molecular weight is 473 g/mol. The van der Waals surface area contributed by atoms with Crippen LogP contribution in [0.4, 0.5) is 4.39 Å². The lowest BCUT2D eigenvalue weighted by Crippen LogP contribution is -2.10. The van der Waals surface area contributed by atoms with Crippen molar-refractivity contribution in [1.82, 2.24) is 9.55 Å². The molecular weight excluding hydrogens is 443 g/mol. The van der Waals surface area contributed by atoms with E-state index in [1.165, 1.54) is 12.1 Å². The molecule has 1 aromatic heterocycles. The van der Waals surface area contributed by atoms with Gasteiger partial charge in [-0.1, -0.05) is 30.2 Å². The van der Waals surface area contributed by atoms with Gasteiger partial charge in [0.25, 0.3) is 0 Å². The average Bonchev–Trinajstić information content (AvgIpc) is 3.19. The maximum absolute atomic E-state index is 13.4. The monoisotopic (exact) mass is 472 g/mol. The predicted molar refractivity (Wildman–Crippen MR) is 135 cm³/mol. The summed E-state index contributed by atoms with van der Waals surface area (Å²) in [7, 11) is 1.65. The summed E-state index contributed by atoms with van der Waals surface area (Å²) < 4.78 is 31.7. The first-order valence-electron chi connectivity index (χ1n) is 11.6. The van der Waals surface area contributed by atoms with Gasteiger partial charge < -0.3 is 18.8 Å². The molecular formula is C29H29FN2O3. The first kappa shape index (κ1) is 24.5. The number of aromatic nitrogens is 2. The quantitative estimate of drug-likeness (QED) is 0.246. The molecule has 5 nitrogen and oxygen atoms in total. The normalized spacial score (nSPS) is 10.9. The van der Waals surface area contributed by atoms with Gasteiger partial charge in [0.1, 0.15) is 18.2 Å². The lowest BCUT2D eigenvalue weighted by atomic mass is 10.0. The number of nitrogens with zero attached hydrogens (tertiary/aromatic N) is 2. The van der Waals surface area contributed by atoms with Crippen LogP contribution in [-0.2, 0) is 16.0 Å². The summed E-state index contributed by atoms with van der Waals surface area (Å²) in [6.07, 6.45) is 0. The van der Waals surface area contributed by atoms with Crippen LogP contribution in [0, 0.1) is 31.5 Å². The van der Waals surface area contributed by atoms with Crippen molar-refractivity contribution < 1.29 is 18.6 Å². The van der Waals surface area contributed by atoms with E-state index in [0.717, 1.165) is 39.0 Å². The molecule has 0 saturated heterocycles. The SMILES string of the molecule is COCCOCCOc1cc(C)c(C#Cc2nc3ccccc3n2Cc2ccc(F)cc2)c(C)c1. The number of para-hydroxylation sites is 2. The number of fused-ring (bicyclic) bond motifs is 1. The molecule has 0 bridgehead atoms. The smallest absolute Gasteiger partial charge is 0.187 e. The molecule has 0 N–H and O–H groups in total. The van der Waals surface area contributed by atoms with Crippen LogP contribution in [0.25, 0.3) is 11.0 Å². The lowest BCUT2D eigenvalue weighted by molar-refractivity contribution is 0.0544. The second kappa shape index (κ2) is 11.7. The minimum absolute atomic E-state index is 0.249. The van der Waals surface area contributed by atoms with Gasteiger partial charge in [-0.2, -0.15) is 0 Å². The summed E-state index contributed by atoms with van der Waals surface area (Å²) in [6, 6.07) is 18.5. The standard InChI is InChI=1S/C29H29FN2O3/c1-21-18-25(35-17-16-34-15-14-33-3)19-22(2)26(21)12-13-29-31-27-6-4-5-7-28(27)32(29)20-23-8-10-24(30)11-9-23/h4-11,18-19H,14-17,20H2,1-3H3. The molecule has 4 aromatic rings. The molecule has 0 spiro atoms. The number of aryl methyl sites for hydroxylation is 2. The van der Waals surface area contributed by atoms with Gasteiger partial charge in [0.15, 0.2) is 5.82 Å². The molecule has 3 aromatic carbocycles. The molecule has 0 aliphatic carbocycles. The highest BCUT2D eigenvalue weighted by atomic mass is 19.1. The third-order valence-corrected chi connectivity index (χ3v) is 5.64.